The molecule has 3 heterocycles. The minimum atomic E-state index is -0.157. The largest absolute Gasteiger partial charge is 0.459 e. The highest BCUT2D eigenvalue weighted by Crippen LogP contribution is 2.17. The van der Waals surface area contributed by atoms with E-state index in [0.29, 0.717) is 37.9 Å². The minimum absolute atomic E-state index is 0.0689. The number of rotatable bonds is 3. The van der Waals surface area contributed by atoms with Crippen molar-refractivity contribution in [2.75, 3.05) is 39.3 Å². The summed E-state index contributed by atoms with van der Waals surface area (Å²) in [6, 6.07) is 3.32. The van der Waals surface area contributed by atoms with Crippen molar-refractivity contribution in [1.82, 2.24) is 14.7 Å². The molecule has 0 aliphatic carbocycles. The van der Waals surface area contributed by atoms with E-state index in [1.54, 1.807) is 26.8 Å². The summed E-state index contributed by atoms with van der Waals surface area (Å²) >= 11 is 0. The number of piperazine rings is 1. The minimum Gasteiger partial charge on any atom is -0.459 e. The van der Waals surface area contributed by atoms with Gasteiger partial charge in [-0.25, -0.2) is 0 Å². The molecule has 0 bridgehead atoms. The molecule has 2 aliphatic heterocycles. The van der Waals surface area contributed by atoms with Crippen molar-refractivity contribution in [3.8, 4) is 0 Å². The molecule has 1 aromatic heterocycles. The van der Waals surface area contributed by atoms with Crippen LogP contribution in [0.4, 0.5) is 0 Å². The third-order valence-corrected chi connectivity index (χ3v) is 5.09. The first-order valence-electron chi connectivity index (χ1n) is 8.93. The van der Waals surface area contributed by atoms with E-state index in [-0.39, 0.29) is 24.1 Å². The Morgan fingerprint density at radius 1 is 0.960 bits per heavy atom. The van der Waals surface area contributed by atoms with E-state index in [2.05, 4.69) is 6.92 Å². The Labute approximate surface area is 147 Å². The average Bonchev–Trinajstić information content (AvgIpc) is 3.16. The number of nitrogens with zero attached hydrogens (tertiary/aromatic N) is 3. The normalized spacial score (nSPS) is 19.2. The number of amides is 3. The molecule has 3 amide bonds. The van der Waals surface area contributed by atoms with Crippen LogP contribution in [0.5, 0.6) is 0 Å². The van der Waals surface area contributed by atoms with Crippen molar-refractivity contribution in [2.45, 2.75) is 26.2 Å². The second kappa shape index (κ2) is 7.72. The first-order chi connectivity index (χ1) is 12.0. The Morgan fingerprint density at radius 2 is 1.52 bits per heavy atom. The van der Waals surface area contributed by atoms with Gasteiger partial charge in [-0.1, -0.05) is 6.92 Å². The van der Waals surface area contributed by atoms with Crippen LogP contribution in [0.2, 0.25) is 0 Å². The fourth-order valence-corrected chi connectivity index (χ4v) is 3.33. The Hall–Kier alpha value is -2.31. The first-order valence-corrected chi connectivity index (χ1v) is 8.93. The van der Waals surface area contributed by atoms with Crippen molar-refractivity contribution in [3.63, 3.8) is 0 Å². The van der Waals surface area contributed by atoms with Gasteiger partial charge in [0.15, 0.2) is 5.76 Å². The van der Waals surface area contributed by atoms with Crippen LogP contribution >= 0.6 is 0 Å². The lowest BCUT2D eigenvalue weighted by molar-refractivity contribution is -0.142. The standard InChI is InChI=1S/C18H25N3O4/c1-14-4-6-19(7-5-14)16(22)13-17(23)20-8-10-21(11-9-20)18(24)15-3-2-12-25-15/h2-3,12,14H,4-11,13H2,1H3. The van der Waals surface area contributed by atoms with Crippen LogP contribution in [0.15, 0.2) is 22.8 Å². The van der Waals surface area contributed by atoms with Crippen molar-refractivity contribution >= 4 is 17.7 Å². The van der Waals surface area contributed by atoms with Crippen LogP contribution in [0.3, 0.4) is 0 Å². The zero-order chi connectivity index (χ0) is 17.8. The molecule has 0 saturated carbocycles. The summed E-state index contributed by atoms with van der Waals surface area (Å²) in [4.78, 5) is 42.0. The lowest BCUT2D eigenvalue weighted by Gasteiger charge is -2.35. The van der Waals surface area contributed by atoms with E-state index in [1.165, 1.54) is 6.26 Å². The molecular weight excluding hydrogens is 322 g/mol. The van der Waals surface area contributed by atoms with Crippen LogP contribution < -0.4 is 0 Å². The molecule has 136 valence electrons. The zero-order valence-electron chi connectivity index (χ0n) is 14.6. The van der Waals surface area contributed by atoms with E-state index in [0.717, 1.165) is 25.9 Å². The summed E-state index contributed by atoms with van der Waals surface area (Å²) in [6.07, 6.45) is 3.42. The molecule has 0 N–H and O–H groups in total. The fraction of sp³-hybridized carbons (Fsp3) is 0.611. The number of hydrogen-bond donors (Lipinski definition) is 0. The predicted molar refractivity (Wildman–Crippen MR) is 90.8 cm³/mol. The number of piperidine rings is 1. The van der Waals surface area contributed by atoms with Gasteiger partial charge < -0.3 is 19.1 Å². The van der Waals surface area contributed by atoms with Gasteiger partial charge in [0.05, 0.1) is 6.26 Å². The first kappa shape index (κ1) is 17.5. The van der Waals surface area contributed by atoms with Gasteiger partial charge in [0.1, 0.15) is 6.42 Å². The number of likely N-dealkylation sites (tertiary alicyclic amines) is 1. The summed E-state index contributed by atoms with van der Waals surface area (Å²) in [5.74, 6) is 0.587. The van der Waals surface area contributed by atoms with E-state index in [9.17, 15) is 14.4 Å². The summed E-state index contributed by atoms with van der Waals surface area (Å²) < 4.78 is 5.13. The van der Waals surface area contributed by atoms with Gasteiger partial charge in [0.25, 0.3) is 5.91 Å². The Bertz CT molecular complexity index is 612. The monoisotopic (exact) mass is 347 g/mol. The molecule has 2 fully saturated rings. The van der Waals surface area contributed by atoms with Crippen molar-refractivity contribution < 1.29 is 18.8 Å². The number of carbonyl (C=O) groups excluding carboxylic acids is 3. The molecule has 3 rings (SSSR count). The van der Waals surface area contributed by atoms with E-state index < -0.39 is 0 Å². The van der Waals surface area contributed by atoms with Gasteiger partial charge in [-0.3, -0.25) is 14.4 Å². The van der Waals surface area contributed by atoms with Crippen LogP contribution in [0, 0.1) is 5.92 Å². The maximum absolute atomic E-state index is 12.4. The van der Waals surface area contributed by atoms with Gasteiger partial charge in [-0.05, 0) is 30.9 Å². The van der Waals surface area contributed by atoms with Crippen LogP contribution in [-0.2, 0) is 9.59 Å². The lowest BCUT2D eigenvalue weighted by Crippen LogP contribution is -2.51. The molecule has 2 aliphatic rings. The highest BCUT2D eigenvalue weighted by Gasteiger charge is 2.28. The molecule has 0 spiro atoms. The number of hydrogen-bond acceptors (Lipinski definition) is 4. The molecule has 25 heavy (non-hydrogen) atoms. The van der Waals surface area contributed by atoms with Gasteiger partial charge in [-0.2, -0.15) is 0 Å². The lowest BCUT2D eigenvalue weighted by atomic mass is 9.99. The Balaban J connectivity index is 1.45. The fourth-order valence-electron chi connectivity index (χ4n) is 3.33. The summed E-state index contributed by atoms with van der Waals surface area (Å²) in [5.41, 5.74) is 0. The highest BCUT2D eigenvalue weighted by molar-refractivity contribution is 5.97. The molecule has 2 saturated heterocycles. The Morgan fingerprint density at radius 3 is 2.08 bits per heavy atom. The van der Waals surface area contributed by atoms with Gasteiger partial charge in [0, 0.05) is 39.3 Å². The third-order valence-electron chi connectivity index (χ3n) is 5.09. The maximum atomic E-state index is 12.4. The van der Waals surface area contributed by atoms with Gasteiger partial charge in [0.2, 0.25) is 11.8 Å². The molecule has 0 unspecified atom stereocenters. The predicted octanol–water partition coefficient (Wildman–Crippen LogP) is 1.21. The molecule has 7 heteroatoms. The molecule has 1 aromatic rings. The van der Waals surface area contributed by atoms with E-state index in [1.807, 2.05) is 0 Å². The molecule has 7 nitrogen and oxygen atoms in total. The summed E-state index contributed by atoms with van der Waals surface area (Å²) in [5, 5.41) is 0. The number of carbonyl (C=O) groups is 3. The summed E-state index contributed by atoms with van der Waals surface area (Å²) in [7, 11) is 0. The molecule has 0 radical (unpaired) electrons. The molecule has 0 atom stereocenters. The number of furan rings is 1. The Kier molecular flexibility index (Phi) is 5.40. The maximum Gasteiger partial charge on any atom is 0.289 e. The second-order valence-corrected chi connectivity index (χ2v) is 6.89. The van der Waals surface area contributed by atoms with Crippen molar-refractivity contribution in [2.24, 2.45) is 5.92 Å². The van der Waals surface area contributed by atoms with Crippen LogP contribution in [-0.4, -0.2) is 71.7 Å². The van der Waals surface area contributed by atoms with Gasteiger partial charge in [-0.15, -0.1) is 0 Å². The quantitative estimate of drug-likeness (QED) is 0.771. The van der Waals surface area contributed by atoms with Gasteiger partial charge >= 0.3 is 0 Å². The highest BCUT2D eigenvalue weighted by atomic mass is 16.3. The van der Waals surface area contributed by atoms with Crippen LogP contribution in [0.25, 0.3) is 0 Å². The molecular formula is C18H25N3O4. The summed E-state index contributed by atoms with van der Waals surface area (Å²) in [6.45, 7) is 5.51. The topological polar surface area (TPSA) is 74.1 Å². The zero-order valence-corrected chi connectivity index (χ0v) is 14.6. The van der Waals surface area contributed by atoms with E-state index >= 15 is 0 Å². The third kappa shape index (κ3) is 4.21. The second-order valence-electron chi connectivity index (χ2n) is 6.89. The molecule has 0 aromatic carbocycles. The SMILES string of the molecule is CC1CCN(C(=O)CC(=O)N2CCN(C(=O)c3ccco3)CC2)CC1. The van der Waals surface area contributed by atoms with Crippen LogP contribution in [0.1, 0.15) is 36.7 Å². The van der Waals surface area contributed by atoms with Crippen molar-refractivity contribution in [1.29, 1.82) is 0 Å². The van der Waals surface area contributed by atoms with E-state index in [4.69, 9.17) is 4.42 Å². The average molecular weight is 347 g/mol. The van der Waals surface area contributed by atoms with Crippen molar-refractivity contribution in [3.05, 3.63) is 24.2 Å². The smallest absolute Gasteiger partial charge is 0.289 e.